The minimum absolute atomic E-state index is 0.0686. The summed E-state index contributed by atoms with van der Waals surface area (Å²) in [6.45, 7) is 18.4. The first-order valence-corrected chi connectivity index (χ1v) is 24.9. The summed E-state index contributed by atoms with van der Waals surface area (Å²) in [7, 11) is 0. The predicted molar refractivity (Wildman–Crippen MR) is 297 cm³/mol. The Kier molecular flexibility index (Phi) is 14.2. The van der Waals surface area contributed by atoms with Gasteiger partial charge in [0.25, 0.3) is 0 Å². The highest BCUT2D eigenvalue weighted by atomic mass is 16.3. The third-order valence-electron chi connectivity index (χ3n) is 14.3. The quantitative estimate of drug-likeness (QED) is 0.0508. The van der Waals surface area contributed by atoms with E-state index in [9.17, 15) is 20.4 Å². The fraction of sp³-hybridized carbons (Fsp3) is 0.234. The molecule has 72 heavy (non-hydrogen) atoms. The van der Waals surface area contributed by atoms with Crippen LogP contribution in [0.5, 0.6) is 23.0 Å². The van der Waals surface area contributed by atoms with Gasteiger partial charge in [-0.1, -0.05) is 95.1 Å². The molecule has 0 aromatic heterocycles. The van der Waals surface area contributed by atoms with Crippen LogP contribution in [0.25, 0.3) is 0 Å². The molecule has 0 spiro atoms. The summed E-state index contributed by atoms with van der Waals surface area (Å²) in [5.41, 5.74) is 21.7. The van der Waals surface area contributed by atoms with Crippen molar-refractivity contribution in [3.63, 3.8) is 0 Å². The Morgan fingerprint density at radius 2 is 0.639 bits per heavy atom. The van der Waals surface area contributed by atoms with Gasteiger partial charge in [-0.3, -0.25) is 4.99 Å². The second-order valence-electron chi connectivity index (χ2n) is 20.2. The van der Waals surface area contributed by atoms with Crippen molar-refractivity contribution < 1.29 is 20.4 Å². The summed E-state index contributed by atoms with van der Waals surface area (Å²) in [6.07, 6.45) is 2.59. The van der Waals surface area contributed by atoms with E-state index in [0.29, 0.717) is 69.8 Å². The lowest BCUT2D eigenvalue weighted by molar-refractivity contribution is 0.450. The molecule has 0 unspecified atom stereocenters. The van der Waals surface area contributed by atoms with Crippen molar-refractivity contribution in [2.24, 2.45) is 4.99 Å². The summed E-state index contributed by atoms with van der Waals surface area (Å²) in [5, 5.41) is 60.5. The molecule has 8 aromatic carbocycles. The molecule has 9 rings (SSSR count). The van der Waals surface area contributed by atoms with E-state index in [4.69, 9.17) is 4.99 Å². The SMILES string of the molecule is Cc1ccc(C=Nc2cc3c(O)c(c2)Cc2cc(NCc4ccc(C)cc4C)cc(c2O)Cc2cc(NCc4ccc(C)cc4C)cc(c2O)Cc2cc(NCc4ccc(C)cc4C)cc(c2O)C3)c(C)c1. The smallest absolute Gasteiger partial charge is 0.122 e. The molecule has 8 heteroatoms. The molecule has 366 valence electrons. The molecular weight excluding hydrogens is 889 g/mol. The molecule has 0 fully saturated rings. The first-order chi connectivity index (χ1) is 34.5. The molecule has 8 bridgehead atoms. The number of aromatic hydroxyl groups is 4. The van der Waals surface area contributed by atoms with Crippen LogP contribution in [0.2, 0.25) is 0 Å². The molecule has 1 aliphatic rings. The molecule has 0 atom stereocenters. The number of anilines is 3. The third-order valence-corrected chi connectivity index (χ3v) is 14.3. The van der Waals surface area contributed by atoms with Crippen molar-refractivity contribution >= 4 is 29.0 Å². The van der Waals surface area contributed by atoms with Gasteiger partial charge in [-0.25, -0.2) is 0 Å². The third kappa shape index (κ3) is 11.1. The summed E-state index contributed by atoms with van der Waals surface area (Å²) < 4.78 is 0. The van der Waals surface area contributed by atoms with E-state index in [2.05, 4.69) is 144 Å². The summed E-state index contributed by atoms with van der Waals surface area (Å²) in [6, 6.07) is 41.1. The van der Waals surface area contributed by atoms with Crippen LogP contribution < -0.4 is 16.0 Å². The molecule has 1 aliphatic carbocycles. The molecule has 8 aromatic rings. The fourth-order valence-electron chi connectivity index (χ4n) is 10.1. The van der Waals surface area contributed by atoms with Crippen LogP contribution in [-0.4, -0.2) is 26.6 Å². The maximum absolute atomic E-state index is 12.4. The molecule has 0 saturated carbocycles. The van der Waals surface area contributed by atoms with E-state index in [0.717, 1.165) is 44.9 Å². The zero-order chi connectivity index (χ0) is 50.8. The van der Waals surface area contributed by atoms with Crippen molar-refractivity contribution in [1.82, 2.24) is 0 Å². The molecule has 7 N–H and O–H groups in total. The van der Waals surface area contributed by atoms with E-state index >= 15 is 0 Å². The van der Waals surface area contributed by atoms with Gasteiger partial charge in [0.2, 0.25) is 0 Å². The number of aliphatic imine (C=N–C) groups is 1. The van der Waals surface area contributed by atoms with E-state index in [1.807, 2.05) is 54.7 Å². The van der Waals surface area contributed by atoms with Crippen molar-refractivity contribution in [3.8, 4) is 23.0 Å². The van der Waals surface area contributed by atoms with E-state index < -0.39 is 0 Å². The van der Waals surface area contributed by atoms with Gasteiger partial charge in [0.1, 0.15) is 23.0 Å². The standard InChI is InChI=1S/C64H66N4O4/c1-37-9-13-45(41(5)17-37)33-65-57-25-49-21-51-27-58(66-34-46-14-10-38(2)18-42(46)6)29-53(62(51)70)23-55-31-60(68-36-48-16-12-40(4)20-44(48)8)32-56(64(55)72)24-54-30-59(67-35-47-15-11-39(3)19-43(47)7)28-52(63(54)71)22-50(26-57)61(49)69/h9-20,25-33,66-72H,21-24,34-36H2,1-8H3. The van der Waals surface area contributed by atoms with Gasteiger partial charge < -0.3 is 36.4 Å². The molecule has 0 radical (unpaired) electrons. The Labute approximate surface area is 424 Å². The van der Waals surface area contributed by atoms with Crippen LogP contribution in [0.15, 0.2) is 126 Å². The minimum Gasteiger partial charge on any atom is -0.507 e. The Morgan fingerprint density at radius 3 is 0.931 bits per heavy atom. The number of phenolic OH excluding ortho intramolecular Hbond substituents is 4. The number of nitrogens with one attached hydrogen (secondary N) is 3. The summed E-state index contributed by atoms with van der Waals surface area (Å²) >= 11 is 0. The average molecular weight is 955 g/mol. The molecular formula is C64H66N4O4. The highest BCUT2D eigenvalue weighted by molar-refractivity contribution is 5.84. The number of hydrogen-bond donors (Lipinski definition) is 7. The molecule has 0 heterocycles. The molecule has 0 aliphatic heterocycles. The lowest BCUT2D eigenvalue weighted by atomic mass is 9.90. The highest BCUT2D eigenvalue weighted by Gasteiger charge is 2.22. The van der Waals surface area contributed by atoms with Gasteiger partial charge in [0, 0.05) is 113 Å². The van der Waals surface area contributed by atoms with Gasteiger partial charge >= 0.3 is 0 Å². The van der Waals surface area contributed by atoms with Crippen molar-refractivity contribution in [2.45, 2.75) is 101 Å². The van der Waals surface area contributed by atoms with Gasteiger partial charge in [-0.2, -0.15) is 0 Å². The fourth-order valence-corrected chi connectivity index (χ4v) is 10.1. The van der Waals surface area contributed by atoms with Crippen LogP contribution in [0.3, 0.4) is 0 Å². The second-order valence-corrected chi connectivity index (χ2v) is 20.2. The maximum Gasteiger partial charge on any atom is 0.122 e. The number of fused-ring (bicyclic) bond motifs is 8. The Balaban J connectivity index is 1.21. The normalized spacial score (nSPS) is 12.3. The first kappa shape index (κ1) is 49.0. The largest absolute Gasteiger partial charge is 0.507 e. The zero-order valence-electron chi connectivity index (χ0n) is 42.8. The Bertz CT molecular complexity index is 3250. The van der Waals surface area contributed by atoms with Gasteiger partial charge in [0.05, 0.1) is 5.69 Å². The van der Waals surface area contributed by atoms with Crippen molar-refractivity contribution in [1.29, 1.82) is 0 Å². The lowest BCUT2D eigenvalue weighted by Crippen LogP contribution is -2.07. The summed E-state index contributed by atoms with van der Waals surface area (Å²) in [5.74, 6) is 0.333. The number of nitrogens with zero attached hydrogens (tertiary/aromatic N) is 1. The monoisotopic (exact) mass is 955 g/mol. The summed E-state index contributed by atoms with van der Waals surface area (Å²) in [4.78, 5) is 4.99. The van der Waals surface area contributed by atoms with Gasteiger partial charge in [-0.05, 0) is 148 Å². The molecule has 0 saturated heterocycles. The molecule has 8 nitrogen and oxygen atoms in total. The first-order valence-electron chi connectivity index (χ1n) is 24.9. The number of benzene rings is 8. The minimum atomic E-state index is 0.0686. The number of rotatable bonds is 11. The zero-order valence-corrected chi connectivity index (χ0v) is 42.8. The average Bonchev–Trinajstić information content (AvgIpc) is 3.33. The van der Waals surface area contributed by atoms with Crippen LogP contribution in [0.1, 0.15) is 111 Å². The topological polar surface area (TPSA) is 129 Å². The van der Waals surface area contributed by atoms with Crippen LogP contribution >= 0.6 is 0 Å². The van der Waals surface area contributed by atoms with Crippen molar-refractivity contribution in [3.05, 3.63) is 233 Å². The van der Waals surface area contributed by atoms with E-state index in [-0.39, 0.29) is 48.7 Å². The van der Waals surface area contributed by atoms with Gasteiger partial charge in [0.15, 0.2) is 0 Å². The highest BCUT2D eigenvalue weighted by Crippen LogP contribution is 2.42. The number of aryl methyl sites for hydroxylation is 8. The second kappa shape index (κ2) is 20.8. The molecule has 0 amide bonds. The van der Waals surface area contributed by atoms with E-state index in [1.165, 1.54) is 38.9 Å². The van der Waals surface area contributed by atoms with E-state index in [1.54, 1.807) is 0 Å². The number of hydrogen-bond acceptors (Lipinski definition) is 8. The number of phenols is 4. The Hall–Kier alpha value is -7.97. The lowest BCUT2D eigenvalue weighted by Gasteiger charge is -2.21. The van der Waals surface area contributed by atoms with Crippen molar-refractivity contribution in [2.75, 3.05) is 16.0 Å². The predicted octanol–water partition coefficient (Wildman–Crippen LogP) is 14.2. The van der Waals surface area contributed by atoms with Crippen LogP contribution in [-0.2, 0) is 45.3 Å². The van der Waals surface area contributed by atoms with Crippen LogP contribution in [0, 0.1) is 55.4 Å². The van der Waals surface area contributed by atoms with Gasteiger partial charge in [-0.15, -0.1) is 0 Å². The maximum atomic E-state index is 12.4. The Morgan fingerprint density at radius 1 is 0.361 bits per heavy atom. The van der Waals surface area contributed by atoms with Crippen LogP contribution in [0.4, 0.5) is 22.7 Å².